The van der Waals surface area contributed by atoms with Gasteiger partial charge in [-0.15, -0.1) is 0 Å². The molecule has 0 radical (unpaired) electrons. The third-order valence-corrected chi connectivity index (χ3v) is 3.16. The van der Waals surface area contributed by atoms with E-state index in [2.05, 4.69) is 0 Å². The van der Waals surface area contributed by atoms with Gasteiger partial charge in [-0.3, -0.25) is 14.9 Å². The molecule has 0 aliphatic rings. The molecule has 0 aliphatic heterocycles. The predicted octanol–water partition coefficient (Wildman–Crippen LogP) is 3.47. The third-order valence-electron chi connectivity index (χ3n) is 3.16. The Morgan fingerprint density at radius 3 is 2.50 bits per heavy atom. The lowest BCUT2D eigenvalue weighted by atomic mass is 10.1. The van der Waals surface area contributed by atoms with Crippen LogP contribution in [0.15, 0.2) is 42.5 Å². The quantitative estimate of drug-likeness (QED) is 0.501. The first-order chi connectivity index (χ1) is 10.5. The molecule has 0 unspecified atom stereocenters. The number of hydrogen-bond acceptors (Lipinski definition) is 5. The number of aromatic hydroxyl groups is 1. The highest BCUT2D eigenvalue weighted by Crippen LogP contribution is 2.39. The molecule has 0 fully saturated rings. The van der Waals surface area contributed by atoms with Crippen molar-refractivity contribution in [1.29, 1.82) is 0 Å². The number of nitro benzene ring substituents is 1. The summed E-state index contributed by atoms with van der Waals surface area (Å²) in [6.45, 7) is 1.75. The fourth-order valence-corrected chi connectivity index (χ4v) is 2.00. The van der Waals surface area contributed by atoms with Crippen molar-refractivity contribution in [1.82, 2.24) is 0 Å². The Morgan fingerprint density at radius 1 is 1.23 bits per heavy atom. The van der Waals surface area contributed by atoms with Gasteiger partial charge < -0.3 is 9.84 Å². The van der Waals surface area contributed by atoms with E-state index in [-0.39, 0.29) is 30.1 Å². The lowest BCUT2D eigenvalue weighted by Crippen LogP contribution is -2.03. The molecule has 6 nitrogen and oxygen atoms in total. The molecule has 2 aromatic carbocycles. The zero-order valence-electron chi connectivity index (χ0n) is 12.0. The van der Waals surface area contributed by atoms with Crippen molar-refractivity contribution >= 4 is 11.5 Å². The number of carbonyl (C=O) groups is 1. The standard InChI is InChI=1S/C16H15NO5/c1-2-13(18)12-8-9-14(15(16(12)19)17(20)21)22-10-11-6-4-3-5-7-11/h3-9,19H,2,10H2,1H3. The van der Waals surface area contributed by atoms with Crippen LogP contribution < -0.4 is 4.74 Å². The highest BCUT2D eigenvalue weighted by molar-refractivity contribution is 6.00. The minimum Gasteiger partial charge on any atom is -0.501 e. The van der Waals surface area contributed by atoms with Crippen molar-refractivity contribution in [3.05, 3.63) is 63.7 Å². The topological polar surface area (TPSA) is 89.7 Å². The van der Waals surface area contributed by atoms with E-state index in [0.29, 0.717) is 0 Å². The Hall–Kier alpha value is -2.89. The van der Waals surface area contributed by atoms with Crippen molar-refractivity contribution < 1.29 is 19.6 Å². The smallest absolute Gasteiger partial charge is 0.352 e. The van der Waals surface area contributed by atoms with Gasteiger partial charge in [0.15, 0.2) is 5.78 Å². The van der Waals surface area contributed by atoms with E-state index in [9.17, 15) is 20.0 Å². The summed E-state index contributed by atoms with van der Waals surface area (Å²) >= 11 is 0. The number of phenols is 1. The van der Waals surface area contributed by atoms with Gasteiger partial charge in [0.05, 0.1) is 10.5 Å². The van der Waals surface area contributed by atoms with Crippen LogP contribution in [0.3, 0.4) is 0 Å². The fraction of sp³-hybridized carbons (Fsp3) is 0.188. The van der Waals surface area contributed by atoms with E-state index >= 15 is 0 Å². The normalized spacial score (nSPS) is 10.2. The van der Waals surface area contributed by atoms with Gasteiger partial charge in [-0.25, -0.2) is 0 Å². The van der Waals surface area contributed by atoms with Crippen LogP contribution in [0.4, 0.5) is 5.69 Å². The number of nitro groups is 1. The summed E-state index contributed by atoms with van der Waals surface area (Å²) in [7, 11) is 0. The van der Waals surface area contributed by atoms with Crippen LogP contribution in [0, 0.1) is 10.1 Å². The number of nitrogens with zero attached hydrogens (tertiary/aromatic N) is 1. The summed E-state index contributed by atoms with van der Waals surface area (Å²) in [4.78, 5) is 22.1. The molecule has 0 saturated heterocycles. The Morgan fingerprint density at radius 2 is 1.91 bits per heavy atom. The molecule has 2 rings (SSSR count). The SMILES string of the molecule is CCC(=O)c1ccc(OCc2ccccc2)c([N+](=O)[O-])c1O. The molecule has 6 heteroatoms. The number of benzene rings is 2. The monoisotopic (exact) mass is 301 g/mol. The maximum absolute atomic E-state index is 11.7. The lowest BCUT2D eigenvalue weighted by Gasteiger charge is -2.10. The van der Waals surface area contributed by atoms with Crippen LogP contribution in [0.1, 0.15) is 29.3 Å². The van der Waals surface area contributed by atoms with Gasteiger partial charge in [0.2, 0.25) is 11.5 Å². The number of hydrogen-bond donors (Lipinski definition) is 1. The third kappa shape index (κ3) is 3.22. The average molecular weight is 301 g/mol. The maximum atomic E-state index is 11.7. The molecule has 0 amide bonds. The summed E-state index contributed by atoms with van der Waals surface area (Å²) in [5.74, 6) is -1.09. The highest BCUT2D eigenvalue weighted by Gasteiger charge is 2.26. The van der Waals surface area contributed by atoms with Gasteiger partial charge >= 0.3 is 5.69 Å². The average Bonchev–Trinajstić information content (AvgIpc) is 2.52. The second-order valence-electron chi connectivity index (χ2n) is 4.62. The fourth-order valence-electron chi connectivity index (χ4n) is 2.00. The zero-order chi connectivity index (χ0) is 16.1. The molecule has 0 saturated carbocycles. The van der Waals surface area contributed by atoms with Crippen molar-refractivity contribution in [3.63, 3.8) is 0 Å². The van der Waals surface area contributed by atoms with Gasteiger partial charge in [0.25, 0.3) is 0 Å². The van der Waals surface area contributed by atoms with Gasteiger partial charge in [-0.1, -0.05) is 37.3 Å². The van der Waals surface area contributed by atoms with Crippen LogP contribution in [-0.4, -0.2) is 15.8 Å². The Kier molecular flexibility index (Phi) is 4.73. The number of carbonyl (C=O) groups excluding carboxylic acids is 1. The minimum absolute atomic E-state index is 0.0683. The summed E-state index contributed by atoms with van der Waals surface area (Å²) in [6, 6.07) is 11.8. The summed E-state index contributed by atoms with van der Waals surface area (Å²) < 4.78 is 5.42. The zero-order valence-corrected chi connectivity index (χ0v) is 12.0. The van der Waals surface area contributed by atoms with E-state index in [1.807, 2.05) is 30.3 Å². The molecule has 0 heterocycles. The van der Waals surface area contributed by atoms with Crippen LogP contribution in [0.5, 0.6) is 11.5 Å². The van der Waals surface area contributed by atoms with E-state index in [0.717, 1.165) is 5.56 Å². The summed E-state index contributed by atoms with van der Waals surface area (Å²) in [5.41, 5.74) is 0.182. The first kappa shape index (κ1) is 15.5. The van der Waals surface area contributed by atoms with Gasteiger partial charge in [0.1, 0.15) is 6.61 Å². The molecule has 2 aromatic rings. The molecule has 0 bridgehead atoms. The number of phenolic OH excluding ortho intramolecular Hbond substituents is 1. The predicted molar refractivity (Wildman–Crippen MR) is 80.2 cm³/mol. The summed E-state index contributed by atoms with van der Waals surface area (Å²) in [6.07, 6.45) is 0.148. The molecule has 1 N–H and O–H groups in total. The number of rotatable bonds is 6. The van der Waals surface area contributed by atoms with Gasteiger partial charge in [0, 0.05) is 6.42 Å². The lowest BCUT2D eigenvalue weighted by molar-refractivity contribution is -0.387. The van der Waals surface area contributed by atoms with Crippen LogP contribution >= 0.6 is 0 Å². The Balaban J connectivity index is 2.33. The van der Waals surface area contributed by atoms with Gasteiger partial charge in [-0.05, 0) is 17.7 Å². The molecule has 0 spiro atoms. The maximum Gasteiger partial charge on any atom is 0.352 e. The van der Waals surface area contributed by atoms with Crippen molar-refractivity contribution in [2.24, 2.45) is 0 Å². The molecular weight excluding hydrogens is 286 g/mol. The van der Waals surface area contributed by atoms with E-state index in [4.69, 9.17) is 4.74 Å². The number of ketones is 1. The second-order valence-corrected chi connectivity index (χ2v) is 4.62. The minimum atomic E-state index is -0.748. The largest absolute Gasteiger partial charge is 0.501 e. The Bertz CT molecular complexity index is 697. The van der Waals surface area contributed by atoms with Crippen molar-refractivity contribution in [2.45, 2.75) is 20.0 Å². The highest BCUT2D eigenvalue weighted by atomic mass is 16.6. The van der Waals surface area contributed by atoms with Crippen LogP contribution in [0.25, 0.3) is 0 Å². The van der Waals surface area contributed by atoms with Crippen LogP contribution in [-0.2, 0) is 6.61 Å². The van der Waals surface area contributed by atoms with Crippen LogP contribution in [0.2, 0.25) is 0 Å². The van der Waals surface area contributed by atoms with E-state index in [1.54, 1.807) is 6.92 Å². The molecule has 22 heavy (non-hydrogen) atoms. The van der Waals surface area contributed by atoms with Crippen molar-refractivity contribution in [3.8, 4) is 11.5 Å². The second kappa shape index (κ2) is 6.71. The Labute approximate surface area is 127 Å². The van der Waals surface area contributed by atoms with E-state index in [1.165, 1.54) is 12.1 Å². The number of ether oxygens (including phenoxy) is 1. The summed E-state index contributed by atoms with van der Waals surface area (Å²) in [5, 5.41) is 21.2. The molecule has 114 valence electrons. The first-order valence-electron chi connectivity index (χ1n) is 6.74. The van der Waals surface area contributed by atoms with Gasteiger partial charge in [-0.2, -0.15) is 0 Å². The molecule has 0 atom stereocenters. The van der Waals surface area contributed by atoms with Crippen molar-refractivity contribution in [2.75, 3.05) is 0 Å². The first-order valence-corrected chi connectivity index (χ1v) is 6.74. The molecular formula is C16H15NO5. The molecule has 0 aliphatic carbocycles. The molecule has 0 aromatic heterocycles. The number of Topliss-reactive ketones (excluding diaryl/α,β-unsaturated/α-hetero) is 1. The van der Waals surface area contributed by atoms with E-state index < -0.39 is 16.4 Å².